The highest BCUT2D eigenvalue weighted by Crippen LogP contribution is 2.29. The Hall–Kier alpha value is -3.62. The lowest BCUT2D eigenvalue weighted by Crippen LogP contribution is -2.29. The Labute approximate surface area is 153 Å². The van der Waals surface area contributed by atoms with E-state index < -0.39 is 10.8 Å². The highest BCUT2D eigenvalue weighted by Gasteiger charge is 2.17. The number of para-hydroxylation sites is 2. The zero-order valence-corrected chi connectivity index (χ0v) is 14.8. The van der Waals surface area contributed by atoms with Crippen LogP contribution in [0.1, 0.15) is 6.92 Å². The Balaban J connectivity index is 1.89. The molecule has 0 bridgehead atoms. The lowest BCUT2D eigenvalue weighted by molar-refractivity contribution is -0.384. The van der Waals surface area contributed by atoms with Crippen LogP contribution in [0.2, 0.25) is 0 Å². The normalized spacial score (nSPS) is 10.7. The number of aromatic nitrogens is 2. The minimum absolute atomic E-state index is 0.146. The molecule has 9 heteroatoms. The molecule has 0 saturated carbocycles. The molecule has 1 heterocycles. The van der Waals surface area contributed by atoms with Gasteiger partial charge in [0.15, 0.2) is 0 Å². The maximum absolute atomic E-state index is 12.6. The maximum atomic E-state index is 12.6. The number of ether oxygens (including phenoxy) is 1. The van der Waals surface area contributed by atoms with E-state index in [2.05, 4.69) is 5.32 Å². The number of anilines is 1. The van der Waals surface area contributed by atoms with Gasteiger partial charge in [0.2, 0.25) is 5.91 Å². The first-order valence-corrected chi connectivity index (χ1v) is 8.26. The van der Waals surface area contributed by atoms with Gasteiger partial charge in [0.25, 0.3) is 5.69 Å². The van der Waals surface area contributed by atoms with E-state index in [4.69, 9.17) is 4.74 Å². The number of carbonyl (C=O) groups excluding carboxylic acids is 1. The number of imidazole rings is 1. The first kappa shape index (κ1) is 18.2. The zero-order valence-electron chi connectivity index (χ0n) is 14.8. The summed E-state index contributed by atoms with van der Waals surface area (Å²) in [5.74, 6) is -0.274. The second-order valence-corrected chi connectivity index (χ2v) is 5.79. The molecule has 1 N–H and O–H groups in total. The van der Waals surface area contributed by atoms with E-state index in [-0.39, 0.29) is 23.7 Å². The number of non-ortho nitro benzene ring substituents is 1. The molecule has 3 rings (SSSR count). The zero-order chi connectivity index (χ0) is 19.6. The van der Waals surface area contributed by atoms with E-state index in [1.54, 1.807) is 16.7 Å². The van der Waals surface area contributed by atoms with Gasteiger partial charge < -0.3 is 10.1 Å². The number of methoxy groups -OCH3 is 1. The standard InChI is InChI=1S/C18H18N4O5/c1-3-20-14-6-4-5-7-15(14)21(18(20)24)11-17(23)19-13-9-8-12(22(25)26)10-16(13)27-2/h4-10H,3,11H2,1-2H3,(H,19,23). The van der Waals surface area contributed by atoms with Crippen molar-refractivity contribution in [2.24, 2.45) is 0 Å². The van der Waals surface area contributed by atoms with Crippen LogP contribution in [-0.4, -0.2) is 27.1 Å². The minimum Gasteiger partial charge on any atom is -0.494 e. The van der Waals surface area contributed by atoms with E-state index in [9.17, 15) is 19.7 Å². The number of amides is 1. The summed E-state index contributed by atoms with van der Waals surface area (Å²) < 4.78 is 8.10. The van der Waals surface area contributed by atoms with Gasteiger partial charge in [-0.2, -0.15) is 0 Å². The van der Waals surface area contributed by atoms with E-state index in [0.717, 1.165) is 5.52 Å². The van der Waals surface area contributed by atoms with Crippen molar-refractivity contribution in [3.05, 3.63) is 63.1 Å². The minimum atomic E-state index is -0.548. The summed E-state index contributed by atoms with van der Waals surface area (Å²) in [5.41, 5.74) is 1.29. The molecule has 0 aliphatic carbocycles. The smallest absolute Gasteiger partial charge is 0.329 e. The van der Waals surface area contributed by atoms with Gasteiger partial charge in [-0.15, -0.1) is 0 Å². The monoisotopic (exact) mass is 370 g/mol. The summed E-state index contributed by atoms with van der Waals surface area (Å²) in [6.07, 6.45) is 0. The predicted molar refractivity (Wildman–Crippen MR) is 100 cm³/mol. The van der Waals surface area contributed by atoms with Crippen LogP contribution in [0.15, 0.2) is 47.3 Å². The number of nitro groups is 1. The van der Waals surface area contributed by atoms with Gasteiger partial charge in [-0.05, 0) is 25.1 Å². The number of benzene rings is 2. The van der Waals surface area contributed by atoms with Crippen molar-refractivity contribution in [3.8, 4) is 5.75 Å². The van der Waals surface area contributed by atoms with Crippen LogP contribution in [-0.2, 0) is 17.9 Å². The summed E-state index contributed by atoms with van der Waals surface area (Å²) in [6, 6.07) is 11.1. The Morgan fingerprint density at radius 2 is 1.85 bits per heavy atom. The van der Waals surface area contributed by atoms with Crippen LogP contribution in [0, 0.1) is 10.1 Å². The predicted octanol–water partition coefficient (Wildman–Crippen LogP) is 2.38. The van der Waals surface area contributed by atoms with Gasteiger partial charge in [0.1, 0.15) is 12.3 Å². The highest BCUT2D eigenvalue weighted by atomic mass is 16.6. The fourth-order valence-corrected chi connectivity index (χ4v) is 2.96. The molecule has 0 saturated heterocycles. The molecule has 27 heavy (non-hydrogen) atoms. The van der Waals surface area contributed by atoms with Gasteiger partial charge in [-0.3, -0.25) is 24.0 Å². The molecule has 3 aromatic rings. The molecule has 0 spiro atoms. The molecule has 0 fully saturated rings. The van der Waals surface area contributed by atoms with Crippen molar-refractivity contribution in [3.63, 3.8) is 0 Å². The molecule has 1 aromatic heterocycles. The Bertz CT molecular complexity index is 1080. The van der Waals surface area contributed by atoms with Crippen molar-refractivity contribution in [1.29, 1.82) is 0 Å². The van der Waals surface area contributed by atoms with Crippen molar-refractivity contribution >= 4 is 28.3 Å². The Kier molecular flexibility index (Phi) is 4.93. The largest absolute Gasteiger partial charge is 0.494 e. The average molecular weight is 370 g/mol. The molecule has 9 nitrogen and oxygen atoms in total. The fourth-order valence-electron chi connectivity index (χ4n) is 2.96. The number of hydrogen-bond donors (Lipinski definition) is 1. The molecular formula is C18H18N4O5. The van der Waals surface area contributed by atoms with E-state index in [1.165, 1.54) is 29.9 Å². The Morgan fingerprint density at radius 1 is 1.19 bits per heavy atom. The first-order chi connectivity index (χ1) is 13.0. The van der Waals surface area contributed by atoms with Crippen LogP contribution in [0.25, 0.3) is 11.0 Å². The SMILES string of the molecule is CCn1c(=O)n(CC(=O)Nc2ccc([N+](=O)[O-])cc2OC)c2ccccc21. The van der Waals surface area contributed by atoms with Gasteiger partial charge in [-0.1, -0.05) is 12.1 Å². The third-order valence-corrected chi connectivity index (χ3v) is 4.21. The Morgan fingerprint density at radius 3 is 2.44 bits per heavy atom. The topological polar surface area (TPSA) is 108 Å². The number of nitrogens with zero attached hydrogens (tertiary/aromatic N) is 3. The second-order valence-electron chi connectivity index (χ2n) is 5.79. The molecule has 0 unspecified atom stereocenters. The molecule has 0 aliphatic heterocycles. The molecule has 0 atom stereocenters. The summed E-state index contributed by atoms with van der Waals surface area (Å²) >= 11 is 0. The van der Waals surface area contributed by atoms with Crippen molar-refractivity contribution in [1.82, 2.24) is 9.13 Å². The lowest BCUT2D eigenvalue weighted by atomic mass is 10.2. The van der Waals surface area contributed by atoms with Crippen molar-refractivity contribution < 1.29 is 14.5 Å². The number of aryl methyl sites for hydroxylation is 1. The number of carbonyl (C=O) groups is 1. The maximum Gasteiger partial charge on any atom is 0.329 e. The highest BCUT2D eigenvalue weighted by molar-refractivity contribution is 5.93. The number of hydrogen-bond acceptors (Lipinski definition) is 5. The van der Waals surface area contributed by atoms with Crippen LogP contribution >= 0.6 is 0 Å². The molecule has 0 aliphatic rings. The van der Waals surface area contributed by atoms with E-state index in [1.807, 2.05) is 19.1 Å². The van der Waals surface area contributed by atoms with Crippen molar-refractivity contribution in [2.45, 2.75) is 20.0 Å². The van der Waals surface area contributed by atoms with Crippen LogP contribution in [0.4, 0.5) is 11.4 Å². The van der Waals surface area contributed by atoms with Crippen molar-refractivity contribution in [2.75, 3.05) is 12.4 Å². The molecule has 1 amide bonds. The fraction of sp³-hybridized carbons (Fsp3) is 0.222. The number of nitro benzene ring substituents is 1. The number of nitrogens with one attached hydrogen (secondary N) is 1. The van der Waals surface area contributed by atoms with Crippen LogP contribution in [0.3, 0.4) is 0 Å². The summed E-state index contributed by atoms with van der Waals surface area (Å²) in [7, 11) is 1.36. The van der Waals surface area contributed by atoms with Gasteiger partial charge in [0.05, 0.1) is 34.8 Å². The lowest BCUT2D eigenvalue weighted by Gasteiger charge is -2.10. The number of rotatable bonds is 6. The quantitative estimate of drug-likeness (QED) is 0.529. The van der Waals surface area contributed by atoms with Crippen LogP contribution < -0.4 is 15.7 Å². The second kappa shape index (κ2) is 7.32. The number of fused-ring (bicyclic) bond motifs is 1. The van der Waals surface area contributed by atoms with E-state index in [0.29, 0.717) is 17.7 Å². The summed E-state index contributed by atoms with van der Waals surface area (Å²) in [6.45, 7) is 2.16. The third kappa shape index (κ3) is 3.39. The summed E-state index contributed by atoms with van der Waals surface area (Å²) in [5, 5.41) is 13.5. The average Bonchev–Trinajstić information content (AvgIpc) is 2.93. The van der Waals surface area contributed by atoms with Gasteiger partial charge in [-0.25, -0.2) is 4.79 Å². The van der Waals surface area contributed by atoms with Gasteiger partial charge >= 0.3 is 5.69 Å². The molecule has 0 radical (unpaired) electrons. The molecule has 140 valence electrons. The first-order valence-electron chi connectivity index (χ1n) is 8.26. The third-order valence-electron chi connectivity index (χ3n) is 4.21. The van der Waals surface area contributed by atoms with Crippen LogP contribution in [0.5, 0.6) is 5.75 Å². The summed E-state index contributed by atoms with van der Waals surface area (Å²) in [4.78, 5) is 35.4. The van der Waals surface area contributed by atoms with Gasteiger partial charge in [0, 0.05) is 12.6 Å². The van der Waals surface area contributed by atoms with E-state index >= 15 is 0 Å². The molecular weight excluding hydrogens is 352 g/mol. The molecule has 2 aromatic carbocycles.